The van der Waals surface area contributed by atoms with Crippen LogP contribution in [0.5, 0.6) is 0 Å². The van der Waals surface area contributed by atoms with Gasteiger partial charge in [0.15, 0.2) is 0 Å². The monoisotopic (exact) mass is 298 g/mol. The minimum absolute atomic E-state index is 0.160. The summed E-state index contributed by atoms with van der Waals surface area (Å²) in [7, 11) is 0. The smallest absolute Gasteiger partial charge is 0.258 e. The minimum atomic E-state index is -0.167. The lowest BCUT2D eigenvalue weighted by molar-refractivity contribution is -0.116. The highest BCUT2D eigenvalue weighted by Crippen LogP contribution is 2.07. The molecule has 1 aromatic carbocycles. The Morgan fingerprint density at radius 2 is 2.14 bits per heavy atom. The first-order valence-electron chi connectivity index (χ1n) is 6.85. The molecule has 8 nitrogen and oxygen atoms in total. The van der Waals surface area contributed by atoms with Gasteiger partial charge in [0.1, 0.15) is 12.2 Å². The molecule has 3 aromatic rings. The molecular formula is C14H14N6O2. The van der Waals surface area contributed by atoms with Gasteiger partial charge in [0.05, 0.1) is 10.9 Å². The van der Waals surface area contributed by atoms with E-state index in [1.807, 2.05) is 6.07 Å². The highest BCUT2D eigenvalue weighted by molar-refractivity contribution is 5.88. The van der Waals surface area contributed by atoms with Crippen molar-refractivity contribution in [3.8, 4) is 0 Å². The van der Waals surface area contributed by atoms with E-state index in [0.29, 0.717) is 41.9 Å². The number of fused-ring (bicyclic) bond motifs is 1. The van der Waals surface area contributed by atoms with Crippen molar-refractivity contribution in [2.24, 2.45) is 0 Å². The number of hydrogen-bond acceptors (Lipinski definition) is 5. The standard InChI is InChI=1S/C14H14N6O2/c21-12(19-14-15-8-16-20-14)7-3-6-11-17-10-5-2-1-4-9(10)13(22)18-11/h1-2,4-5,8H,3,6-7H2,(H,17,18,22)(H2,15,16,19,20,21). The van der Waals surface area contributed by atoms with E-state index >= 15 is 0 Å². The van der Waals surface area contributed by atoms with Crippen LogP contribution in [-0.4, -0.2) is 31.1 Å². The third kappa shape index (κ3) is 3.17. The Hall–Kier alpha value is -3.03. The lowest BCUT2D eigenvalue weighted by Crippen LogP contribution is -2.14. The second-order valence-electron chi connectivity index (χ2n) is 4.77. The molecule has 8 heteroatoms. The van der Waals surface area contributed by atoms with Gasteiger partial charge in [0.25, 0.3) is 5.56 Å². The largest absolute Gasteiger partial charge is 0.310 e. The first kappa shape index (κ1) is 13.9. The molecule has 0 saturated heterocycles. The number of rotatable bonds is 5. The van der Waals surface area contributed by atoms with Crippen LogP contribution in [0.2, 0.25) is 0 Å². The van der Waals surface area contributed by atoms with E-state index < -0.39 is 0 Å². The van der Waals surface area contributed by atoms with Crippen molar-refractivity contribution in [1.82, 2.24) is 25.1 Å². The molecule has 0 aliphatic heterocycles. The van der Waals surface area contributed by atoms with Crippen molar-refractivity contribution < 1.29 is 4.79 Å². The quantitative estimate of drug-likeness (QED) is 0.649. The Morgan fingerprint density at radius 1 is 1.27 bits per heavy atom. The van der Waals surface area contributed by atoms with E-state index in [1.54, 1.807) is 18.2 Å². The minimum Gasteiger partial charge on any atom is -0.310 e. The van der Waals surface area contributed by atoms with Gasteiger partial charge in [-0.1, -0.05) is 12.1 Å². The molecule has 2 heterocycles. The highest BCUT2D eigenvalue weighted by Gasteiger charge is 2.06. The Morgan fingerprint density at radius 3 is 2.95 bits per heavy atom. The summed E-state index contributed by atoms with van der Waals surface area (Å²) in [5.41, 5.74) is 0.499. The third-order valence-electron chi connectivity index (χ3n) is 3.15. The number of aryl methyl sites for hydroxylation is 1. The summed E-state index contributed by atoms with van der Waals surface area (Å²) in [6.07, 6.45) is 2.71. The molecule has 1 amide bonds. The predicted octanol–water partition coefficient (Wildman–Crippen LogP) is 1.00. The summed E-state index contributed by atoms with van der Waals surface area (Å²) in [4.78, 5) is 34.5. The Balaban J connectivity index is 1.60. The number of nitrogens with one attached hydrogen (secondary N) is 3. The first-order valence-corrected chi connectivity index (χ1v) is 6.85. The number of aromatic amines is 2. The van der Waals surface area contributed by atoms with Crippen molar-refractivity contribution >= 4 is 22.8 Å². The van der Waals surface area contributed by atoms with E-state index in [-0.39, 0.29) is 11.5 Å². The fourth-order valence-electron chi connectivity index (χ4n) is 2.13. The molecule has 0 aliphatic rings. The van der Waals surface area contributed by atoms with Crippen LogP contribution >= 0.6 is 0 Å². The van der Waals surface area contributed by atoms with E-state index in [9.17, 15) is 9.59 Å². The van der Waals surface area contributed by atoms with Gasteiger partial charge >= 0.3 is 0 Å². The number of nitrogens with zero attached hydrogens (tertiary/aromatic N) is 3. The van der Waals surface area contributed by atoms with Crippen LogP contribution in [0.1, 0.15) is 18.7 Å². The fraction of sp³-hybridized carbons (Fsp3) is 0.214. The molecule has 2 aromatic heterocycles. The van der Waals surface area contributed by atoms with Crippen LogP contribution < -0.4 is 10.9 Å². The number of benzene rings is 1. The second-order valence-corrected chi connectivity index (χ2v) is 4.77. The van der Waals surface area contributed by atoms with Gasteiger partial charge in [-0.05, 0) is 18.6 Å². The number of carbonyl (C=O) groups is 1. The van der Waals surface area contributed by atoms with Gasteiger partial charge in [-0.3, -0.25) is 14.9 Å². The number of anilines is 1. The zero-order valence-electron chi connectivity index (χ0n) is 11.7. The highest BCUT2D eigenvalue weighted by atomic mass is 16.1. The predicted molar refractivity (Wildman–Crippen MR) is 80.3 cm³/mol. The van der Waals surface area contributed by atoms with Crippen molar-refractivity contribution in [1.29, 1.82) is 0 Å². The first-order chi connectivity index (χ1) is 10.7. The molecule has 0 aliphatic carbocycles. The maximum absolute atomic E-state index is 11.9. The average Bonchev–Trinajstić information content (AvgIpc) is 3.00. The van der Waals surface area contributed by atoms with Gasteiger partial charge in [-0.25, -0.2) is 10.1 Å². The summed E-state index contributed by atoms with van der Waals surface area (Å²) in [5.74, 6) is 0.735. The lowest BCUT2D eigenvalue weighted by atomic mass is 10.2. The van der Waals surface area contributed by atoms with Gasteiger partial charge in [0, 0.05) is 12.8 Å². The van der Waals surface area contributed by atoms with Crippen LogP contribution in [0.15, 0.2) is 35.4 Å². The Labute approximate surface area is 125 Å². The Bertz CT molecular complexity index is 840. The molecule has 0 unspecified atom stereocenters. The van der Waals surface area contributed by atoms with Crippen molar-refractivity contribution in [2.45, 2.75) is 19.3 Å². The lowest BCUT2D eigenvalue weighted by Gasteiger charge is -2.03. The van der Waals surface area contributed by atoms with E-state index in [1.165, 1.54) is 6.33 Å². The molecule has 3 N–H and O–H groups in total. The zero-order valence-corrected chi connectivity index (χ0v) is 11.7. The molecule has 112 valence electrons. The Kier molecular flexibility index (Phi) is 3.90. The van der Waals surface area contributed by atoms with Crippen LogP contribution in [0.4, 0.5) is 5.95 Å². The van der Waals surface area contributed by atoms with E-state index in [4.69, 9.17) is 0 Å². The number of H-pyrrole nitrogens is 2. The number of carbonyl (C=O) groups excluding carboxylic acids is 1. The molecule has 0 bridgehead atoms. The molecule has 22 heavy (non-hydrogen) atoms. The molecule has 0 radical (unpaired) electrons. The SMILES string of the molecule is O=C(CCCc1nc2ccccc2c(=O)[nH]1)Nc1ncn[nH]1. The number of aromatic nitrogens is 5. The van der Waals surface area contributed by atoms with Crippen molar-refractivity contribution in [3.05, 3.63) is 46.8 Å². The van der Waals surface area contributed by atoms with Gasteiger partial charge in [-0.15, -0.1) is 0 Å². The van der Waals surface area contributed by atoms with Crippen LogP contribution in [0.3, 0.4) is 0 Å². The van der Waals surface area contributed by atoms with Crippen molar-refractivity contribution in [2.75, 3.05) is 5.32 Å². The van der Waals surface area contributed by atoms with E-state index in [0.717, 1.165) is 0 Å². The maximum atomic E-state index is 11.9. The normalized spacial score (nSPS) is 10.7. The molecule has 3 rings (SSSR count). The van der Waals surface area contributed by atoms with Crippen LogP contribution in [0, 0.1) is 0 Å². The van der Waals surface area contributed by atoms with Gasteiger partial charge in [-0.2, -0.15) is 10.1 Å². The van der Waals surface area contributed by atoms with Gasteiger partial charge in [0.2, 0.25) is 11.9 Å². The van der Waals surface area contributed by atoms with Crippen LogP contribution in [0.25, 0.3) is 10.9 Å². The van der Waals surface area contributed by atoms with Gasteiger partial charge < -0.3 is 4.98 Å². The summed E-state index contributed by atoms with van der Waals surface area (Å²) in [5, 5.41) is 9.34. The van der Waals surface area contributed by atoms with E-state index in [2.05, 4.69) is 30.5 Å². The zero-order chi connectivity index (χ0) is 15.4. The fourth-order valence-corrected chi connectivity index (χ4v) is 2.13. The maximum Gasteiger partial charge on any atom is 0.258 e. The molecular weight excluding hydrogens is 284 g/mol. The summed E-state index contributed by atoms with van der Waals surface area (Å²) in [6, 6.07) is 7.16. The average molecular weight is 298 g/mol. The number of hydrogen-bond donors (Lipinski definition) is 3. The summed E-state index contributed by atoms with van der Waals surface area (Å²) in [6.45, 7) is 0. The molecule has 0 spiro atoms. The molecule has 0 fully saturated rings. The third-order valence-corrected chi connectivity index (χ3v) is 3.15. The number of para-hydroxylation sites is 1. The summed E-state index contributed by atoms with van der Waals surface area (Å²) < 4.78 is 0. The topological polar surface area (TPSA) is 116 Å². The second kappa shape index (κ2) is 6.17. The van der Waals surface area contributed by atoms with Crippen LogP contribution in [-0.2, 0) is 11.2 Å². The summed E-state index contributed by atoms with van der Waals surface area (Å²) >= 11 is 0. The molecule has 0 atom stereocenters. The number of amides is 1. The molecule has 0 saturated carbocycles. The van der Waals surface area contributed by atoms with Crippen molar-refractivity contribution in [3.63, 3.8) is 0 Å².